The lowest BCUT2D eigenvalue weighted by molar-refractivity contribution is -0.130. The number of likely N-dealkylation sites (tertiary alicyclic amines) is 1. The Labute approximate surface area is 143 Å². The Kier molecular flexibility index (Phi) is 6.36. The molecule has 0 aromatic heterocycles. The first-order valence-corrected chi connectivity index (χ1v) is 10.2. The van der Waals surface area contributed by atoms with Crippen LogP contribution in [-0.2, 0) is 25.8 Å². The van der Waals surface area contributed by atoms with Crippen LogP contribution in [0.4, 0.5) is 5.69 Å². The first-order chi connectivity index (χ1) is 11.3. The molecule has 1 aliphatic heterocycles. The van der Waals surface area contributed by atoms with Crippen LogP contribution >= 0.6 is 0 Å². The number of hydrogen-bond donors (Lipinski definition) is 1. The second kappa shape index (κ2) is 8.28. The van der Waals surface area contributed by atoms with Crippen molar-refractivity contribution in [3.8, 4) is 0 Å². The second-order valence-corrected chi connectivity index (χ2v) is 8.47. The molecule has 2 rings (SSSR count). The van der Waals surface area contributed by atoms with Crippen LogP contribution in [0.1, 0.15) is 31.2 Å². The molecule has 0 spiro atoms. The third-order valence-corrected chi connectivity index (χ3v) is 4.97. The van der Waals surface area contributed by atoms with Crippen LogP contribution in [0, 0.1) is 0 Å². The van der Waals surface area contributed by atoms with Crippen molar-refractivity contribution >= 4 is 27.3 Å². The van der Waals surface area contributed by atoms with Crippen LogP contribution in [-0.4, -0.2) is 50.2 Å². The summed E-state index contributed by atoms with van der Waals surface area (Å²) in [4.78, 5) is 25.6. The van der Waals surface area contributed by atoms with Gasteiger partial charge >= 0.3 is 0 Å². The average Bonchev–Trinajstić information content (AvgIpc) is 3.06. The SMILES string of the molecule is CS(=O)(=O)CCC(=O)Nc1ccc(CCC(=O)N2CCCC2)cc1. The highest BCUT2D eigenvalue weighted by Crippen LogP contribution is 2.14. The molecular formula is C17H24N2O4S. The van der Waals surface area contributed by atoms with Crippen molar-refractivity contribution < 1.29 is 18.0 Å². The van der Waals surface area contributed by atoms with E-state index in [1.807, 2.05) is 17.0 Å². The Morgan fingerprint density at radius 2 is 1.71 bits per heavy atom. The molecule has 24 heavy (non-hydrogen) atoms. The zero-order chi connectivity index (χ0) is 17.6. The molecule has 6 nitrogen and oxygen atoms in total. The summed E-state index contributed by atoms with van der Waals surface area (Å²) in [7, 11) is -3.14. The highest BCUT2D eigenvalue weighted by molar-refractivity contribution is 7.90. The minimum Gasteiger partial charge on any atom is -0.343 e. The normalized spacial score (nSPS) is 14.6. The lowest BCUT2D eigenvalue weighted by atomic mass is 10.1. The molecule has 7 heteroatoms. The molecule has 0 unspecified atom stereocenters. The molecule has 2 amide bonds. The number of nitrogens with zero attached hydrogens (tertiary/aromatic N) is 1. The summed E-state index contributed by atoms with van der Waals surface area (Å²) in [5.41, 5.74) is 1.67. The topological polar surface area (TPSA) is 83.5 Å². The van der Waals surface area contributed by atoms with Crippen molar-refractivity contribution in [2.45, 2.75) is 32.1 Å². The molecule has 1 fully saturated rings. The van der Waals surface area contributed by atoms with Crippen LogP contribution in [0.25, 0.3) is 0 Å². The Bertz CT molecular complexity index is 677. The van der Waals surface area contributed by atoms with Gasteiger partial charge in [-0.25, -0.2) is 8.42 Å². The van der Waals surface area contributed by atoms with Crippen LogP contribution in [0.15, 0.2) is 24.3 Å². The maximum atomic E-state index is 12.0. The molecular weight excluding hydrogens is 328 g/mol. The molecule has 1 N–H and O–H groups in total. The van der Waals surface area contributed by atoms with Crippen LogP contribution < -0.4 is 5.32 Å². The number of aryl methyl sites for hydroxylation is 1. The van der Waals surface area contributed by atoms with E-state index in [0.29, 0.717) is 18.5 Å². The first-order valence-electron chi connectivity index (χ1n) is 8.18. The molecule has 1 heterocycles. The zero-order valence-corrected chi connectivity index (χ0v) is 14.8. The van der Waals surface area contributed by atoms with Gasteiger partial charge in [-0.05, 0) is 37.0 Å². The molecule has 0 aliphatic carbocycles. The summed E-state index contributed by atoms with van der Waals surface area (Å²) >= 11 is 0. The molecule has 0 atom stereocenters. The predicted molar refractivity (Wildman–Crippen MR) is 93.5 cm³/mol. The lowest BCUT2D eigenvalue weighted by Crippen LogP contribution is -2.27. The number of carbonyl (C=O) groups excluding carboxylic acids is 2. The number of amides is 2. The van der Waals surface area contributed by atoms with Crippen molar-refractivity contribution in [3.63, 3.8) is 0 Å². The van der Waals surface area contributed by atoms with Gasteiger partial charge < -0.3 is 10.2 Å². The van der Waals surface area contributed by atoms with Crippen LogP contribution in [0.2, 0.25) is 0 Å². The van der Waals surface area contributed by atoms with Gasteiger partial charge in [0.15, 0.2) is 0 Å². The number of carbonyl (C=O) groups is 2. The number of hydrogen-bond acceptors (Lipinski definition) is 4. The maximum Gasteiger partial charge on any atom is 0.225 e. The Morgan fingerprint density at radius 1 is 1.08 bits per heavy atom. The predicted octanol–water partition coefficient (Wildman–Crippen LogP) is 1.61. The fourth-order valence-corrected chi connectivity index (χ4v) is 3.19. The van der Waals surface area contributed by atoms with Gasteiger partial charge in [0.05, 0.1) is 5.75 Å². The standard InChI is InChI=1S/C17H24N2O4S/c1-24(22,23)13-10-16(20)18-15-7-4-14(5-8-15)6-9-17(21)19-11-2-3-12-19/h4-5,7-8H,2-3,6,9-13H2,1H3,(H,18,20). The zero-order valence-electron chi connectivity index (χ0n) is 14.0. The number of sulfone groups is 1. The molecule has 1 aromatic carbocycles. The third-order valence-electron chi connectivity index (χ3n) is 4.02. The summed E-state index contributed by atoms with van der Waals surface area (Å²) in [5, 5.41) is 2.67. The van der Waals surface area contributed by atoms with E-state index in [-0.39, 0.29) is 24.0 Å². The van der Waals surface area contributed by atoms with E-state index in [4.69, 9.17) is 0 Å². The van der Waals surface area contributed by atoms with Crippen LogP contribution in [0.3, 0.4) is 0 Å². The fraction of sp³-hybridized carbons (Fsp3) is 0.529. The summed E-state index contributed by atoms with van der Waals surface area (Å²) in [5.74, 6) is -0.279. The summed E-state index contributed by atoms with van der Waals surface area (Å²) in [6.45, 7) is 1.74. The fourth-order valence-electron chi connectivity index (χ4n) is 2.63. The maximum absolute atomic E-state index is 12.0. The van der Waals surface area contributed by atoms with E-state index in [2.05, 4.69) is 5.32 Å². The average molecular weight is 352 g/mol. The highest BCUT2D eigenvalue weighted by Gasteiger charge is 2.17. The van der Waals surface area contributed by atoms with Gasteiger partial charge in [-0.15, -0.1) is 0 Å². The van der Waals surface area contributed by atoms with Gasteiger partial charge in [-0.1, -0.05) is 12.1 Å². The first kappa shape index (κ1) is 18.4. The van der Waals surface area contributed by atoms with Crippen LogP contribution in [0.5, 0.6) is 0 Å². The minimum atomic E-state index is -3.14. The van der Waals surface area contributed by atoms with E-state index in [9.17, 15) is 18.0 Å². The van der Waals surface area contributed by atoms with Gasteiger partial charge in [0.2, 0.25) is 11.8 Å². The van der Waals surface area contributed by atoms with Gasteiger partial charge in [-0.3, -0.25) is 9.59 Å². The van der Waals surface area contributed by atoms with Gasteiger partial charge in [0.1, 0.15) is 9.84 Å². The monoisotopic (exact) mass is 352 g/mol. The Morgan fingerprint density at radius 3 is 2.29 bits per heavy atom. The van der Waals surface area contributed by atoms with E-state index in [1.165, 1.54) is 0 Å². The molecule has 0 radical (unpaired) electrons. The summed E-state index contributed by atoms with van der Waals surface area (Å²) < 4.78 is 22.1. The molecule has 0 saturated carbocycles. The molecule has 1 aromatic rings. The highest BCUT2D eigenvalue weighted by atomic mass is 32.2. The van der Waals surface area contributed by atoms with E-state index < -0.39 is 9.84 Å². The third kappa shape index (κ3) is 6.31. The number of nitrogens with one attached hydrogen (secondary N) is 1. The number of anilines is 1. The van der Waals surface area contributed by atoms with Gasteiger partial charge in [0, 0.05) is 37.9 Å². The van der Waals surface area contributed by atoms with Crippen molar-refractivity contribution in [1.29, 1.82) is 0 Å². The van der Waals surface area contributed by atoms with E-state index >= 15 is 0 Å². The van der Waals surface area contributed by atoms with Gasteiger partial charge in [-0.2, -0.15) is 0 Å². The molecule has 132 valence electrons. The van der Waals surface area contributed by atoms with Gasteiger partial charge in [0.25, 0.3) is 0 Å². The van der Waals surface area contributed by atoms with E-state index in [0.717, 1.165) is 37.8 Å². The second-order valence-electron chi connectivity index (χ2n) is 6.21. The van der Waals surface area contributed by atoms with Crippen molar-refractivity contribution in [2.24, 2.45) is 0 Å². The smallest absolute Gasteiger partial charge is 0.225 e. The van der Waals surface area contributed by atoms with Crippen molar-refractivity contribution in [1.82, 2.24) is 4.90 Å². The lowest BCUT2D eigenvalue weighted by Gasteiger charge is -2.15. The van der Waals surface area contributed by atoms with Crippen molar-refractivity contribution in [3.05, 3.63) is 29.8 Å². The minimum absolute atomic E-state index is 0.0507. The number of rotatable bonds is 7. The van der Waals surface area contributed by atoms with E-state index in [1.54, 1.807) is 12.1 Å². The quantitative estimate of drug-likeness (QED) is 0.808. The Hall–Kier alpha value is -1.89. The molecule has 1 saturated heterocycles. The Balaban J connectivity index is 1.77. The summed E-state index contributed by atoms with van der Waals surface area (Å²) in [6.07, 6.45) is 4.43. The largest absolute Gasteiger partial charge is 0.343 e. The molecule has 0 bridgehead atoms. The summed E-state index contributed by atoms with van der Waals surface area (Å²) in [6, 6.07) is 7.30. The number of benzene rings is 1. The molecule has 1 aliphatic rings. The van der Waals surface area contributed by atoms with Crippen molar-refractivity contribution in [2.75, 3.05) is 30.4 Å².